The van der Waals surface area contributed by atoms with Gasteiger partial charge in [-0.1, -0.05) is 0 Å². The van der Waals surface area contributed by atoms with Gasteiger partial charge in [-0.05, 0) is 49.8 Å². The summed E-state index contributed by atoms with van der Waals surface area (Å²) in [6.07, 6.45) is 3.15. The molecular formula is C21H23FN4O4. The van der Waals surface area contributed by atoms with Crippen molar-refractivity contribution in [1.29, 1.82) is 0 Å². The predicted octanol–water partition coefficient (Wildman–Crippen LogP) is 0.807. The van der Waals surface area contributed by atoms with Crippen molar-refractivity contribution in [3.05, 3.63) is 29.1 Å². The molecule has 1 spiro atoms. The largest absolute Gasteiger partial charge is 0.369 e. The van der Waals surface area contributed by atoms with Gasteiger partial charge in [0.05, 0.1) is 16.8 Å². The molecule has 0 bridgehead atoms. The van der Waals surface area contributed by atoms with Gasteiger partial charge in [-0.15, -0.1) is 0 Å². The van der Waals surface area contributed by atoms with Gasteiger partial charge in [0.1, 0.15) is 11.9 Å². The number of nitrogens with one attached hydrogen (secondary N) is 2. The number of benzene rings is 1. The van der Waals surface area contributed by atoms with Gasteiger partial charge in [0, 0.05) is 26.1 Å². The fraction of sp³-hybridized carbons (Fsp3) is 0.524. The highest BCUT2D eigenvalue weighted by Gasteiger charge is 2.45. The number of anilines is 1. The van der Waals surface area contributed by atoms with Gasteiger partial charge in [0.15, 0.2) is 0 Å². The monoisotopic (exact) mass is 414 g/mol. The van der Waals surface area contributed by atoms with Crippen LogP contribution in [0.1, 0.15) is 52.8 Å². The van der Waals surface area contributed by atoms with Crippen molar-refractivity contribution >= 4 is 29.3 Å². The summed E-state index contributed by atoms with van der Waals surface area (Å²) < 4.78 is 14.9. The van der Waals surface area contributed by atoms with Crippen LogP contribution < -0.4 is 15.5 Å². The molecule has 0 radical (unpaired) electrons. The third-order valence-corrected chi connectivity index (χ3v) is 7.00. The van der Waals surface area contributed by atoms with Crippen molar-refractivity contribution in [1.82, 2.24) is 15.5 Å². The number of carbonyl (C=O) groups excluding carboxylic acids is 4. The first kappa shape index (κ1) is 19.2. The molecule has 4 aliphatic rings. The van der Waals surface area contributed by atoms with E-state index >= 15 is 0 Å². The van der Waals surface area contributed by atoms with Crippen LogP contribution in [0.3, 0.4) is 0 Å². The Morgan fingerprint density at radius 1 is 1.00 bits per heavy atom. The maximum atomic E-state index is 14.9. The number of piperidine rings is 2. The second kappa shape index (κ2) is 6.87. The molecule has 2 N–H and O–H groups in total. The summed E-state index contributed by atoms with van der Waals surface area (Å²) in [6.45, 7) is 3.38. The molecule has 4 aliphatic heterocycles. The third kappa shape index (κ3) is 2.91. The van der Waals surface area contributed by atoms with E-state index in [-0.39, 0.29) is 29.4 Å². The Balaban J connectivity index is 1.40. The van der Waals surface area contributed by atoms with Crippen molar-refractivity contribution < 1.29 is 23.6 Å². The summed E-state index contributed by atoms with van der Waals surface area (Å²) >= 11 is 0. The maximum absolute atomic E-state index is 14.9. The van der Waals surface area contributed by atoms with Crippen LogP contribution in [0.15, 0.2) is 12.1 Å². The molecule has 30 heavy (non-hydrogen) atoms. The molecule has 3 fully saturated rings. The minimum Gasteiger partial charge on any atom is -0.369 e. The Labute approximate surface area is 172 Å². The number of hydrogen-bond acceptors (Lipinski definition) is 6. The van der Waals surface area contributed by atoms with Crippen LogP contribution in [-0.4, -0.2) is 60.7 Å². The third-order valence-electron chi connectivity index (χ3n) is 7.00. The highest BCUT2D eigenvalue weighted by atomic mass is 19.1. The molecule has 0 saturated carbocycles. The van der Waals surface area contributed by atoms with Crippen LogP contribution in [0.5, 0.6) is 0 Å². The molecule has 1 unspecified atom stereocenters. The fourth-order valence-corrected chi connectivity index (χ4v) is 5.17. The van der Waals surface area contributed by atoms with E-state index in [2.05, 4.69) is 10.6 Å². The summed E-state index contributed by atoms with van der Waals surface area (Å²) in [5.41, 5.74) is 0.683. The van der Waals surface area contributed by atoms with Gasteiger partial charge >= 0.3 is 0 Å². The Hall–Kier alpha value is -2.81. The zero-order chi connectivity index (χ0) is 21.0. The van der Waals surface area contributed by atoms with Crippen LogP contribution in [-0.2, 0) is 9.59 Å². The van der Waals surface area contributed by atoms with Crippen molar-refractivity contribution in [2.45, 2.75) is 38.1 Å². The Bertz CT molecular complexity index is 962. The van der Waals surface area contributed by atoms with E-state index in [0.29, 0.717) is 18.8 Å². The van der Waals surface area contributed by atoms with Gasteiger partial charge in [0.25, 0.3) is 11.8 Å². The minimum atomic E-state index is -1.05. The standard InChI is InChI=1S/C21H23FN4O4/c22-14-9-12-13(10-16(14)25-7-4-21(5-8-25)3-6-23-11-21)20(30)26(19(12)29)15-1-2-17(27)24-18(15)28/h9-10,15,23H,1-8,11H2,(H,24,27,28). The Kier molecular flexibility index (Phi) is 4.39. The van der Waals surface area contributed by atoms with E-state index in [0.717, 1.165) is 43.3 Å². The lowest BCUT2D eigenvalue weighted by Gasteiger charge is -2.40. The summed E-state index contributed by atoms with van der Waals surface area (Å²) in [7, 11) is 0. The van der Waals surface area contributed by atoms with Crippen LogP contribution >= 0.6 is 0 Å². The van der Waals surface area contributed by atoms with Gasteiger partial charge in [-0.3, -0.25) is 29.4 Å². The van der Waals surface area contributed by atoms with Crippen molar-refractivity contribution in [3.8, 4) is 0 Å². The smallest absolute Gasteiger partial charge is 0.262 e. The number of halogens is 1. The van der Waals surface area contributed by atoms with Gasteiger partial charge in [-0.25, -0.2) is 4.39 Å². The normalized spacial score (nSPS) is 25.8. The first-order valence-electron chi connectivity index (χ1n) is 10.4. The lowest BCUT2D eigenvalue weighted by Crippen LogP contribution is -2.54. The lowest BCUT2D eigenvalue weighted by molar-refractivity contribution is -0.136. The first-order valence-corrected chi connectivity index (χ1v) is 10.4. The molecule has 1 aromatic rings. The van der Waals surface area contributed by atoms with Crippen LogP contribution in [0, 0.1) is 11.2 Å². The first-order chi connectivity index (χ1) is 14.4. The molecule has 1 aromatic carbocycles. The Morgan fingerprint density at radius 2 is 1.70 bits per heavy atom. The quantitative estimate of drug-likeness (QED) is 0.695. The maximum Gasteiger partial charge on any atom is 0.262 e. The molecule has 8 nitrogen and oxygen atoms in total. The zero-order valence-corrected chi connectivity index (χ0v) is 16.5. The topological polar surface area (TPSA) is 98.8 Å². The number of hydrogen-bond donors (Lipinski definition) is 2. The van der Waals surface area contributed by atoms with E-state index in [9.17, 15) is 23.6 Å². The average Bonchev–Trinajstić information content (AvgIpc) is 3.26. The summed E-state index contributed by atoms with van der Waals surface area (Å²) in [6, 6.07) is 1.51. The number of rotatable bonds is 2. The molecule has 5 rings (SSSR count). The number of carbonyl (C=O) groups is 4. The SMILES string of the molecule is O=C1CCC(N2C(=O)c3cc(F)c(N4CCC5(CCNC5)CC4)cc3C2=O)C(=O)N1. The van der Waals surface area contributed by atoms with Crippen molar-refractivity contribution in [2.24, 2.45) is 5.41 Å². The molecule has 4 heterocycles. The number of amides is 4. The second-order valence-corrected chi connectivity index (χ2v) is 8.71. The van der Waals surface area contributed by atoms with Crippen molar-refractivity contribution in [2.75, 3.05) is 31.1 Å². The van der Waals surface area contributed by atoms with E-state index < -0.39 is 35.5 Å². The molecular weight excluding hydrogens is 391 g/mol. The predicted molar refractivity (Wildman–Crippen MR) is 104 cm³/mol. The van der Waals surface area contributed by atoms with Gasteiger partial charge in [0.2, 0.25) is 11.8 Å². The molecule has 0 aliphatic carbocycles. The Morgan fingerprint density at radius 3 is 2.33 bits per heavy atom. The molecule has 1 atom stereocenters. The number of imide groups is 2. The minimum absolute atomic E-state index is 0.0283. The second-order valence-electron chi connectivity index (χ2n) is 8.71. The van der Waals surface area contributed by atoms with E-state index in [1.165, 1.54) is 6.07 Å². The van der Waals surface area contributed by atoms with Gasteiger partial charge in [-0.2, -0.15) is 0 Å². The lowest BCUT2D eigenvalue weighted by atomic mass is 9.77. The highest BCUT2D eigenvalue weighted by Crippen LogP contribution is 2.40. The summed E-state index contributed by atoms with van der Waals surface area (Å²) in [5.74, 6) is -2.95. The molecule has 158 valence electrons. The highest BCUT2D eigenvalue weighted by molar-refractivity contribution is 6.23. The van der Waals surface area contributed by atoms with Crippen LogP contribution in [0.4, 0.5) is 10.1 Å². The van der Waals surface area contributed by atoms with E-state index in [1.807, 2.05) is 4.90 Å². The van der Waals surface area contributed by atoms with E-state index in [1.54, 1.807) is 0 Å². The summed E-state index contributed by atoms with van der Waals surface area (Å²) in [4.78, 5) is 52.1. The van der Waals surface area contributed by atoms with Crippen LogP contribution in [0.25, 0.3) is 0 Å². The molecule has 4 amide bonds. The van der Waals surface area contributed by atoms with Crippen LogP contribution in [0.2, 0.25) is 0 Å². The number of nitrogens with zero attached hydrogens (tertiary/aromatic N) is 2. The average molecular weight is 414 g/mol. The molecule has 9 heteroatoms. The van der Waals surface area contributed by atoms with Crippen molar-refractivity contribution in [3.63, 3.8) is 0 Å². The fourth-order valence-electron chi connectivity index (χ4n) is 5.17. The molecule has 3 saturated heterocycles. The van der Waals surface area contributed by atoms with Gasteiger partial charge < -0.3 is 10.2 Å². The number of fused-ring (bicyclic) bond motifs is 1. The molecule has 0 aromatic heterocycles. The summed E-state index contributed by atoms with van der Waals surface area (Å²) in [5, 5.41) is 5.56. The zero-order valence-electron chi connectivity index (χ0n) is 16.5. The van der Waals surface area contributed by atoms with E-state index in [4.69, 9.17) is 0 Å².